The number of piperidine rings is 1. The van der Waals surface area contributed by atoms with Crippen LogP contribution in [0.2, 0.25) is 0 Å². The topological polar surface area (TPSA) is 58.9 Å². The first kappa shape index (κ1) is 25.0. The van der Waals surface area contributed by atoms with Gasteiger partial charge in [-0.15, -0.1) is 0 Å². The number of rotatable bonds is 6. The van der Waals surface area contributed by atoms with Gasteiger partial charge < -0.3 is 9.88 Å². The van der Waals surface area contributed by atoms with Gasteiger partial charge in [0.1, 0.15) is 5.82 Å². The molecule has 0 aliphatic carbocycles. The van der Waals surface area contributed by atoms with E-state index in [0.29, 0.717) is 11.6 Å². The highest BCUT2D eigenvalue weighted by atomic mass is 19.4. The van der Waals surface area contributed by atoms with Crippen LogP contribution < -0.4 is 5.32 Å². The smallest absolute Gasteiger partial charge is 0.348 e. The number of anilines is 1. The van der Waals surface area contributed by atoms with E-state index in [2.05, 4.69) is 46.3 Å². The molecule has 0 radical (unpaired) electrons. The Hall–Kier alpha value is -3.72. The molecule has 1 saturated heterocycles. The number of nitrogens with zero attached hydrogens (tertiary/aromatic N) is 5. The van der Waals surface area contributed by atoms with Crippen LogP contribution in [0.3, 0.4) is 0 Å². The SMILES string of the molecule is CC(Nc1nccc(C2CC(c3nccn3-c3cccc(C(F)(F)F)c3)CCN2C)n1)c1ccccc1. The lowest BCUT2D eigenvalue weighted by atomic mass is 9.88. The Labute approximate surface area is 214 Å². The van der Waals surface area contributed by atoms with E-state index >= 15 is 0 Å². The fraction of sp³-hybridized carbons (Fsp3) is 0.321. The maximum absolute atomic E-state index is 13.3. The molecule has 1 fully saturated rings. The molecule has 37 heavy (non-hydrogen) atoms. The van der Waals surface area contributed by atoms with Crippen molar-refractivity contribution >= 4 is 5.95 Å². The van der Waals surface area contributed by atoms with Crippen molar-refractivity contribution in [1.82, 2.24) is 24.4 Å². The number of aromatic nitrogens is 4. The van der Waals surface area contributed by atoms with E-state index in [4.69, 9.17) is 4.98 Å². The Bertz CT molecular complexity index is 1340. The molecule has 4 aromatic rings. The van der Waals surface area contributed by atoms with Crippen LogP contribution in [0, 0.1) is 0 Å². The van der Waals surface area contributed by atoms with Crippen LogP contribution in [0.15, 0.2) is 79.3 Å². The summed E-state index contributed by atoms with van der Waals surface area (Å²) in [6, 6.07) is 17.5. The predicted octanol–water partition coefficient (Wildman–Crippen LogP) is 6.40. The molecule has 2 aromatic heterocycles. The third-order valence-electron chi connectivity index (χ3n) is 7.02. The Morgan fingerprint density at radius 2 is 1.81 bits per heavy atom. The lowest BCUT2D eigenvalue weighted by Crippen LogP contribution is -2.34. The summed E-state index contributed by atoms with van der Waals surface area (Å²) in [5, 5.41) is 3.39. The zero-order chi connectivity index (χ0) is 26.0. The molecule has 0 saturated carbocycles. The van der Waals surface area contributed by atoms with E-state index in [1.54, 1.807) is 29.2 Å². The number of halogens is 3. The van der Waals surface area contributed by atoms with Crippen LogP contribution in [0.5, 0.6) is 0 Å². The molecule has 3 heterocycles. The number of benzene rings is 2. The van der Waals surface area contributed by atoms with Gasteiger partial charge in [0.15, 0.2) is 0 Å². The molecule has 3 atom stereocenters. The van der Waals surface area contributed by atoms with Gasteiger partial charge >= 0.3 is 6.18 Å². The van der Waals surface area contributed by atoms with Crippen LogP contribution in [0.1, 0.15) is 60.4 Å². The molecule has 1 aliphatic rings. The number of hydrogen-bond donors (Lipinski definition) is 1. The second-order valence-corrected chi connectivity index (χ2v) is 9.50. The van der Waals surface area contributed by atoms with E-state index in [-0.39, 0.29) is 18.0 Å². The second kappa shape index (κ2) is 10.3. The van der Waals surface area contributed by atoms with Gasteiger partial charge in [0, 0.05) is 30.2 Å². The van der Waals surface area contributed by atoms with Gasteiger partial charge in [-0.3, -0.25) is 4.90 Å². The minimum absolute atomic E-state index is 0.0287. The summed E-state index contributed by atoms with van der Waals surface area (Å²) >= 11 is 0. The summed E-state index contributed by atoms with van der Waals surface area (Å²) in [6.45, 7) is 2.89. The molecule has 1 aliphatic heterocycles. The fourth-order valence-electron chi connectivity index (χ4n) is 4.98. The summed E-state index contributed by atoms with van der Waals surface area (Å²) in [4.78, 5) is 16.1. The predicted molar refractivity (Wildman–Crippen MR) is 136 cm³/mol. The number of hydrogen-bond acceptors (Lipinski definition) is 5. The quantitative estimate of drug-likeness (QED) is 0.328. The highest BCUT2D eigenvalue weighted by molar-refractivity contribution is 5.39. The van der Waals surface area contributed by atoms with Crippen molar-refractivity contribution in [3.8, 4) is 5.69 Å². The molecule has 9 heteroatoms. The van der Waals surface area contributed by atoms with Gasteiger partial charge in [0.25, 0.3) is 0 Å². The zero-order valence-corrected chi connectivity index (χ0v) is 20.7. The molecule has 6 nitrogen and oxygen atoms in total. The van der Waals surface area contributed by atoms with Gasteiger partial charge in [0.2, 0.25) is 5.95 Å². The molecule has 1 N–H and O–H groups in total. The lowest BCUT2D eigenvalue weighted by molar-refractivity contribution is -0.137. The highest BCUT2D eigenvalue weighted by Gasteiger charge is 2.33. The fourth-order valence-corrected chi connectivity index (χ4v) is 4.98. The highest BCUT2D eigenvalue weighted by Crippen LogP contribution is 2.39. The molecule has 192 valence electrons. The Kier molecular flexibility index (Phi) is 6.97. The summed E-state index contributed by atoms with van der Waals surface area (Å²) in [5.41, 5.74) is 1.84. The molecule has 3 unspecified atom stereocenters. The summed E-state index contributed by atoms with van der Waals surface area (Å²) in [6.07, 6.45) is 2.35. The van der Waals surface area contributed by atoms with Gasteiger partial charge in [0.05, 0.1) is 23.3 Å². The normalized spacial score (nSPS) is 19.5. The van der Waals surface area contributed by atoms with Crippen LogP contribution in [-0.2, 0) is 6.18 Å². The maximum Gasteiger partial charge on any atom is 0.416 e. The van der Waals surface area contributed by atoms with Crippen molar-refractivity contribution in [2.45, 2.75) is 43.9 Å². The monoisotopic (exact) mass is 506 g/mol. The largest absolute Gasteiger partial charge is 0.416 e. The van der Waals surface area contributed by atoms with Crippen molar-refractivity contribution in [2.75, 3.05) is 18.9 Å². The van der Waals surface area contributed by atoms with E-state index in [0.717, 1.165) is 42.5 Å². The summed E-state index contributed by atoms with van der Waals surface area (Å²) in [7, 11) is 2.07. The molecular weight excluding hydrogens is 477 g/mol. The van der Waals surface area contributed by atoms with Crippen molar-refractivity contribution in [3.63, 3.8) is 0 Å². The van der Waals surface area contributed by atoms with Crippen LogP contribution >= 0.6 is 0 Å². The third-order valence-corrected chi connectivity index (χ3v) is 7.02. The van der Waals surface area contributed by atoms with Crippen LogP contribution in [0.25, 0.3) is 5.69 Å². The number of alkyl halides is 3. The minimum Gasteiger partial charge on any atom is -0.348 e. The molecular formula is C28H29F3N6. The molecule has 0 spiro atoms. The maximum atomic E-state index is 13.3. The van der Waals surface area contributed by atoms with Crippen LogP contribution in [0.4, 0.5) is 19.1 Å². The summed E-state index contributed by atoms with van der Waals surface area (Å²) in [5.74, 6) is 1.40. The standard InChI is InChI=1S/C28H29F3N6/c1-19(20-7-4-3-5-8-20)34-27-33-13-11-24(35-27)25-17-21(12-15-36(25)2)26-32-14-16-37(26)23-10-6-9-22(18-23)28(29,30)31/h3-11,13-14,16,18-19,21,25H,12,15,17H2,1-2H3,(H,33,34,35). The van der Waals surface area contributed by atoms with Gasteiger partial charge in [-0.25, -0.2) is 15.0 Å². The Morgan fingerprint density at radius 1 is 1.00 bits per heavy atom. The third kappa shape index (κ3) is 5.51. The van der Waals surface area contributed by atoms with E-state index < -0.39 is 11.7 Å². The number of likely N-dealkylation sites (tertiary alicyclic amines) is 1. The molecule has 0 amide bonds. The van der Waals surface area contributed by atoms with Crippen molar-refractivity contribution in [2.24, 2.45) is 0 Å². The first-order valence-corrected chi connectivity index (χ1v) is 12.3. The van der Waals surface area contributed by atoms with Gasteiger partial charge in [-0.05, 0) is 63.2 Å². The summed E-state index contributed by atoms with van der Waals surface area (Å²) < 4.78 is 41.7. The van der Waals surface area contributed by atoms with E-state index in [1.165, 1.54) is 12.1 Å². The zero-order valence-electron chi connectivity index (χ0n) is 20.7. The average molecular weight is 507 g/mol. The first-order valence-electron chi connectivity index (χ1n) is 12.3. The van der Waals surface area contributed by atoms with Gasteiger partial charge in [-0.2, -0.15) is 13.2 Å². The molecule has 0 bridgehead atoms. The second-order valence-electron chi connectivity index (χ2n) is 9.50. The Balaban J connectivity index is 1.37. The molecule has 2 aromatic carbocycles. The van der Waals surface area contributed by atoms with Gasteiger partial charge in [-0.1, -0.05) is 36.4 Å². The van der Waals surface area contributed by atoms with Crippen molar-refractivity contribution in [1.29, 1.82) is 0 Å². The van der Waals surface area contributed by atoms with Crippen molar-refractivity contribution < 1.29 is 13.2 Å². The minimum atomic E-state index is -4.40. The van der Waals surface area contributed by atoms with Crippen LogP contribution in [-0.4, -0.2) is 38.0 Å². The number of imidazole rings is 1. The van der Waals surface area contributed by atoms with Crippen molar-refractivity contribution in [3.05, 3.63) is 102 Å². The van der Waals surface area contributed by atoms with E-state index in [1.807, 2.05) is 24.3 Å². The Morgan fingerprint density at radius 3 is 2.59 bits per heavy atom. The number of nitrogens with one attached hydrogen (secondary N) is 1. The van der Waals surface area contributed by atoms with E-state index in [9.17, 15) is 13.2 Å². The first-order chi connectivity index (χ1) is 17.8. The lowest BCUT2D eigenvalue weighted by Gasteiger charge is -2.36. The molecule has 5 rings (SSSR count). The average Bonchev–Trinajstić information content (AvgIpc) is 3.39.